The first kappa shape index (κ1) is 25.9. The highest BCUT2D eigenvalue weighted by molar-refractivity contribution is 5.98. The summed E-state index contributed by atoms with van der Waals surface area (Å²) in [5.74, 6) is -1.74. The molecule has 190 valence electrons. The highest BCUT2D eigenvalue weighted by Gasteiger charge is 2.32. The van der Waals surface area contributed by atoms with Crippen LogP contribution in [0.1, 0.15) is 23.9 Å². The molecular formula is C21H24F3N5O6. The fourth-order valence-electron chi connectivity index (χ4n) is 3.64. The molecule has 1 unspecified atom stereocenters. The van der Waals surface area contributed by atoms with Crippen molar-refractivity contribution in [1.82, 2.24) is 9.78 Å². The van der Waals surface area contributed by atoms with Gasteiger partial charge in [-0.25, -0.2) is 0 Å². The maximum Gasteiger partial charge on any atom is 0.416 e. The molecule has 1 aromatic heterocycles. The molecule has 1 atom stereocenters. The van der Waals surface area contributed by atoms with Gasteiger partial charge in [-0.3, -0.25) is 24.4 Å². The molecule has 2 heterocycles. The zero-order chi connectivity index (χ0) is 25.9. The molecule has 35 heavy (non-hydrogen) atoms. The van der Waals surface area contributed by atoms with E-state index in [1.54, 1.807) is 4.90 Å². The molecule has 14 heteroatoms. The lowest BCUT2D eigenvalue weighted by Gasteiger charge is -2.31. The number of hydrogen-bond donors (Lipinski definition) is 1. The summed E-state index contributed by atoms with van der Waals surface area (Å²) >= 11 is 0. The van der Waals surface area contributed by atoms with Gasteiger partial charge in [0.05, 0.1) is 35.1 Å². The van der Waals surface area contributed by atoms with Gasteiger partial charge >= 0.3 is 17.8 Å². The number of hydrogen-bond acceptors (Lipinski definition) is 8. The van der Waals surface area contributed by atoms with Crippen molar-refractivity contribution in [3.05, 3.63) is 45.3 Å². The summed E-state index contributed by atoms with van der Waals surface area (Å²) in [6.07, 6.45) is -5.98. The second-order valence-corrected chi connectivity index (χ2v) is 7.88. The third-order valence-corrected chi connectivity index (χ3v) is 5.42. The Morgan fingerprint density at radius 2 is 1.94 bits per heavy atom. The van der Waals surface area contributed by atoms with Crippen LogP contribution in [0.3, 0.4) is 0 Å². The molecule has 1 N–H and O–H groups in total. The summed E-state index contributed by atoms with van der Waals surface area (Å²) in [6, 6.07) is 3.03. The van der Waals surface area contributed by atoms with E-state index < -0.39 is 41.2 Å². The monoisotopic (exact) mass is 499 g/mol. The van der Waals surface area contributed by atoms with Gasteiger partial charge in [0.1, 0.15) is 17.9 Å². The summed E-state index contributed by atoms with van der Waals surface area (Å²) < 4.78 is 51.2. The second-order valence-electron chi connectivity index (χ2n) is 7.88. The predicted molar refractivity (Wildman–Crippen MR) is 117 cm³/mol. The average molecular weight is 499 g/mol. The van der Waals surface area contributed by atoms with E-state index in [9.17, 15) is 32.9 Å². The van der Waals surface area contributed by atoms with Crippen LogP contribution in [-0.2, 0) is 31.8 Å². The summed E-state index contributed by atoms with van der Waals surface area (Å²) in [4.78, 5) is 37.3. The smallest absolute Gasteiger partial charge is 0.416 e. The van der Waals surface area contributed by atoms with Gasteiger partial charge in [0.25, 0.3) is 5.91 Å². The summed E-state index contributed by atoms with van der Waals surface area (Å²) in [5, 5.41) is 17.5. The summed E-state index contributed by atoms with van der Waals surface area (Å²) in [6.45, 7) is 5.23. The highest BCUT2D eigenvalue weighted by Crippen LogP contribution is 2.36. The third-order valence-electron chi connectivity index (χ3n) is 5.42. The van der Waals surface area contributed by atoms with E-state index in [-0.39, 0.29) is 22.8 Å². The minimum absolute atomic E-state index is 0.0798. The molecule has 1 aliphatic heterocycles. The number of aryl methyl sites for hydroxylation is 1. The zero-order valence-corrected chi connectivity index (χ0v) is 19.2. The van der Waals surface area contributed by atoms with E-state index in [2.05, 4.69) is 10.4 Å². The Morgan fingerprint density at radius 1 is 1.29 bits per heavy atom. The van der Waals surface area contributed by atoms with Gasteiger partial charge in [-0.05, 0) is 39.0 Å². The van der Waals surface area contributed by atoms with Gasteiger partial charge in [0.2, 0.25) is 0 Å². The Morgan fingerprint density at radius 3 is 2.51 bits per heavy atom. The molecule has 0 aliphatic carbocycles. The van der Waals surface area contributed by atoms with Crippen LogP contribution in [-0.4, -0.2) is 59.0 Å². The van der Waals surface area contributed by atoms with Gasteiger partial charge < -0.3 is 19.7 Å². The number of rotatable bonds is 7. The number of nitrogens with one attached hydrogen (secondary N) is 1. The van der Waals surface area contributed by atoms with Crippen LogP contribution in [0.4, 0.5) is 30.2 Å². The number of amides is 1. The van der Waals surface area contributed by atoms with Crippen LogP contribution in [0, 0.1) is 24.0 Å². The SMILES string of the molecule is Cc1nn(CC(=O)OC(C)C(=O)Nc2cc(C(F)(F)F)ccc2N2CCOCC2)c(C)c1[N+](=O)[O-]. The third kappa shape index (κ3) is 6.07. The maximum atomic E-state index is 13.3. The lowest BCUT2D eigenvalue weighted by molar-refractivity contribution is -0.386. The average Bonchev–Trinajstić information content (AvgIpc) is 3.06. The standard InChI is InChI=1S/C21H24F3N5O6/c1-12-19(29(32)33)13(2)28(26-12)11-18(30)35-14(3)20(31)25-16-10-15(21(22,23)24)4-5-17(16)27-6-8-34-9-7-27/h4-5,10,14H,6-9,11H2,1-3H3,(H,25,31). The van der Waals surface area contributed by atoms with Crippen LogP contribution >= 0.6 is 0 Å². The fourth-order valence-corrected chi connectivity index (χ4v) is 3.64. The molecule has 1 fully saturated rings. The first-order valence-corrected chi connectivity index (χ1v) is 10.6. The maximum absolute atomic E-state index is 13.3. The lowest BCUT2D eigenvalue weighted by atomic mass is 10.1. The largest absolute Gasteiger partial charge is 0.451 e. The Bertz CT molecular complexity index is 1130. The van der Waals surface area contributed by atoms with Gasteiger partial charge in [0, 0.05) is 13.1 Å². The highest BCUT2D eigenvalue weighted by atomic mass is 19.4. The number of carbonyl (C=O) groups is 2. The van der Waals surface area contributed by atoms with Crippen molar-refractivity contribution < 1.29 is 37.2 Å². The van der Waals surface area contributed by atoms with Gasteiger partial charge in [0.15, 0.2) is 6.10 Å². The Labute approximate surface area is 197 Å². The quantitative estimate of drug-likeness (QED) is 0.350. The summed E-state index contributed by atoms with van der Waals surface area (Å²) in [7, 11) is 0. The normalized spacial score (nSPS) is 15.0. The molecule has 0 spiro atoms. The predicted octanol–water partition coefficient (Wildman–Crippen LogP) is 2.83. The molecule has 3 rings (SSSR count). The van der Waals surface area contributed by atoms with Crippen molar-refractivity contribution in [3.8, 4) is 0 Å². The number of alkyl halides is 3. The minimum atomic E-state index is -4.62. The van der Waals surface area contributed by atoms with Crippen LogP contribution < -0.4 is 10.2 Å². The van der Waals surface area contributed by atoms with Crippen LogP contribution in [0.25, 0.3) is 0 Å². The van der Waals surface area contributed by atoms with Crippen molar-refractivity contribution in [2.24, 2.45) is 0 Å². The van der Waals surface area contributed by atoms with Crippen molar-refractivity contribution >= 4 is 28.9 Å². The summed E-state index contributed by atoms with van der Waals surface area (Å²) in [5.41, 5.74) is -0.622. The molecule has 1 aromatic carbocycles. The van der Waals surface area contributed by atoms with E-state index in [0.29, 0.717) is 32.0 Å². The van der Waals surface area contributed by atoms with Crippen LogP contribution in [0.15, 0.2) is 18.2 Å². The van der Waals surface area contributed by atoms with E-state index in [0.717, 1.165) is 16.8 Å². The molecule has 2 aromatic rings. The molecule has 11 nitrogen and oxygen atoms in total. The molecule has 0 radical (unpaired) electrons. The molecule has 1 aliphatic rings. The number of nitro groups is 1. The van der Waals surface area contributed by atoms with Gasteiger partial charge in [-0.2, -0.15) is 18.3 Å². The number of esters is 1. The number of carbonyl (C=O) groups excluding carboxylic acids is 2. The van der Waals surface area contributed by atoms with Crippen LogP contribution in [0.2, 0.25) is 0 Å². The Hall–Kier alpha value is -3.68. The zero-order valence-electron chi connectivity index (χ0n) is 19.2. The van der Waals surface area contributed by atoms with Crippen molar-refractivity contribution in [2.45, 2.75) is 39.6 Å². The number of morpholine rings is 1. The van der Waals surface area contributed by atoms with E-state index >= 15 is 0 Å². The molecule has 0 bridgehead atoms. The number of benzene rings is 1. The van der Waals surface area contributed by atoms with E-state index in [1.165, 1.54) is 26.8 Å². The first-order chi connectivity index (χ1) is 16.4. The lowest BCUT2D eigenvalue weighted by Crippen LogP contribution is -2.37. The Kier molecular flexibility index (Phi) is 7.63. The van der Waals surface area contributed by atoms with Crippen molar-refractivity contribution in [2.75, 3.05) is 36.5 Å². The number of nitrogens with zero attached hydrogens (tertiary/aromatic N) is 4. The van der Waals surface area contributed by atoms with Crippen molar-refractivity contribution in [1.29, 1.82) is 0 Å². The minimum Gasteiger partial charge on any atom is -0.451 e. The topological polar surface area (TPSA) is 129 Å². The number of aromatic nitrogens is 2. The van der Waals surface area contributed by atoms with Gasteiger partial charge in [-0.15, -0.1) is 0 Å². The molecule has 1 amide bonds. The molecule has 1 saturated heterocycles. The first-order valence-electron chi connectivity index (χ1n) is 10.6. The van der Waals surface area contributed by atoms with E-state index in [4.69, 9.17) is 9.47 Å². The van der Waals surface area contributed by atoms with E-state index in [1.807, 2.05) is 0 Å². The molecular weight excluding hydrogens is 475 g/mol. The number of ether oxygens (including phenoxy) is 2. The Balaban J connectivity index is 1.73. The molecule has 0 saturated carbocycles. The second kappa shape index (κ2) is 10.3. The van der Waals surface area contributed by atoms with Gasteiger partial charge in [-0.1, -0.05) is 0 Å². The number of anilines is 2. The fraction of sp³-hybridized carbons (Fsp3) is 0.476. The number of halogens is 3. The van der Waals surface area contributed by atoms with Crippen molar-refractivity contribution in [3.63, 3.8) is 0 Å². The van der Waals surface area contributed by atoms with Crippen LogP contribution in [0.5, 0.6) is 0 Å².